The first-order valence-corrected chi connectivity index (χ1v) is 9.54. The zero-order valence-electron chi connectivity index (χ0n) is 16.9. The number of hydrogen-bond donors (Lipinski definition) is 1. The molecule has 2 aromatic carbocycles. The molecule has 7 heteroatoms. The van der Waals surface area contributed by atoms with E-state index in [-0.39, 0.29) is 11.6 Å². The van der Waals surface area contributed by atoms with E-state index in [4.69, 9.17) is 0 Å². The summed E-state index contributed by atoms with van der Waals surface area (Å²) in [7, 11) is 0. The van der Waals surface area contributed by atoms with Crippen molar-refractivity contribution in [3.63, 3.8) is 0 Å². The lowest BCUT2D eigenvalue weighted by Gasteiger charge is -2.15. The van der Waals surface area contributed by atoms with Crippen molar-refractivity contribution in [1.29, 1.82) is 0 Å². The van der Waals surface area contributed by atoms with Gasteiger partial charge in [0.2, 0.25) is 0 Å². The molecule has 30 heavy (non-hydrogen) atoms. The summed E-state index contributed by atoms with van der Waals surface area (Å²) < 4.78 is 38.6. The summed E-state index contributed by atoms with van der Waals surface area (Å²) in [6.45, 7) is 5.83. The molecule has 0 atom stereocenters. The van der Waals surface area contributed by atoms with Gasteiger partial charge in [-0.3, -0.25) is 9.78 Å². The second kappa shape index (κ2) is 8.65. The summed E-state index contributed by atoms with van der Waals surface area (Å²) in [6, 6.07) is 10.5. The van der Waals surface area contributed by atoms with Crippen molar-refractivity contribution in [3.05, 3.63) is 77.4 Å². The molecule has 3 aromatic rings. The van der Waals surface area contributed by atoms with E-state index in [1.54, 1.807) is 13.0 Å². The van der Waals surface area contributed by atoms with Crippen LogP contribution in [-0.4, -0.2) is 15.9 Å². The van der Waals surface area contributed by atoms with Crippen molar-refractivity contribution in [2.75, 3.05) is 5.32 Å². The van der Waals surface area contributed by atoms with Crippen molar-refractivity contribution < 1.29 is 18.0 Å². The predicted octanol–water partition coefficient (Wildman–Crippen LogP) is 5.92. The van der Waals surface area contributed by atoms with Crippen molar-refractivity contribution in [3.8, 4) is 11.1 Å². The van der Waals surface area contributed by atoms with Crippen LogP contribution in [0.25, 0.3) is 11.1 Å². The van der Waals surface area contributed by atoms with Crippen molar-refractivity contribution in [2.24, 2.45) is 5.92 Å². The van der Waals surface area contributed by atoms with Gasteiger partial charge in [-0.25, -0.2) is 4.98 Å². The van der Waals surface area contributed by atoms with Gasteiger partial charge >= 0.3 is 6.18 Å². The number of carbonyl (C=O) groups excluding carboxylic acids is 1. The Kier molecular flexibility index (Phi) is 6.20. The molecule has 1 heterocycles. The quantitative estimate of drug-likeness (QED) is 0.565. The van der Waals surface area contributed by atoms with Crippen molar-refractivity contribution in [1.82, 2.24) is 9.97 Å². The van der Waals surface area contributed by atoms with E-state index in [0.29, 0.717) is 29.3 Å². The minimum absolute atomic E-state index is 0.245. The van der Waals surface area contributed by atoms with Crippen LogP contribution in [0.4, 0.5) is 18.9 Å². The van der Waals surface area contributed by atoms with Crippen LogP contribution in [0.3, 0.4) is 0 Å². The molecule has 0 bridgehead atoms. The minimum atomic E-state index is -4.37. The number of amides is 1. The van der Waals surface area contributed by atoms with Crippen LogP contribution in [0.1, 0.15) is 41.2 Å². The van der Waals surface area contributed by atoms with Gasteiger partial charge in [0.15, 0.2) is 0 Å². The standard InChI is InChI=1S/C23H22F3N3O/c1-14(2)12-17-13-19(29-22(30)21-15(3)27-10-11-28-21)8-9-20(17)16-4-6-18(7-5-16)23(24,25)26/h4-11,13-14H,12H2,1-3H3,(H,29,30). The molecule has 0 radical (unpaired) electrons. The third-order valence-electron chi connectivity index (χ3n) is 4.61. The number of aryl methyl sites for hydroxylation is 1. The Morgan fingerprint density at radius 2 is 1.70 bits per heavy atom. The van der Waals surface area contributed by atoms with E-state index in [2.05, 4.69) is 29.1 Å². The van der Waals surface area contributed by atoms with Crippen LogP contribution in [0.2, 0.25) is 0 Å². The third kappa shape index (κ3) is 5.03. The maximum atomic E-state index is 12.9. The smallest absolute Gasteiger partial charge is 0.321 e. The van der Waals surface area contributed by atoms with E-state index in [1.165, 1.54) is 24.5 Å². The van der Waals surface area contributed by atoms with Crippen molar-refractivity contribution in [2.45, 2.75) is 33.4 Å². The lowest BCUT2D eigenvalue weighted by atomic mass is 9.92. The van der Waals surface area contributed by atoms with Crippen LogP contribution in [0, 0.1) is 12.8 Å². The van der Waals surface area contributed by atoms with E-state index in [9.17, 15) is 18.0 Å². The topological polar surface area (TPSA) is 54.9 Å². The van der Waals surface area contributed by atoms with Gasteiger partial charge in [-0.05, 0) is 60.2 Å². The number of halogens is 3. The van der Waals surface area contributed by atoms with E-state index < -0.39 is 11.7 Å². The second-order valence-corrected chi connectivity index (χ2v) is 7.49. The highest BCUT2D eigenvalue weighted by Gasteiger charge is 2.30. The molecular weight excluding hydrogens is 391 g/mol. The summed E-state index contributed by atoms with van der Waals surface area (Å²) in [5, 5.41) is 2.83. The van der Waals surface area contributed by atoms with Crippen LogP contribution in [0.15, 0.2) is 54.9 Å². The highest BCUT2D eigenvalue weighted by Crippen LogP contribution is 2.33. The van der Waals surface area contributed by atoms with Crippen molar-refractivity contribution >= 4 is 11.6 Å². The van der Waals surface area contributed by atoms with Crippen LogP contribution in [-0.2, 0) is 12.6 Å². The van der Waals surface area contributed by atoms with Gasteiger partial charge in [0, 0.05) is 18.1 Å². The zero-order chi connectivity index (χ0) is 21.9. The molecule has 1 aromatic heterocycles. The number of alkyl halides is 3. The SMILES string of the molecule is Cc1nccnc1C(=O)Nc1ccc(-c2ccc(C(F)(F)F)cc2)c(CC(C)C)c1. The molecule has 156 valence electrons. The van der Waals surface area contributed by atoms with E-state index >= 15 is 0 Å². The Labute approximate surface area is 173 Å². The lowest BCUT2D eigenvalue weighted by molar-refractivity contribution is -0.137. The maximum Gasteiger partial charge on any atom is 0.416 e. The average Bonchev–Trinajstić information content (AvgIpc) is 2.67. The van der Waals surface area contributed by atoms with Gasteiger partial charge in [0.25, 0.3) is 5.91 Å². The second-order valence-electron chi connectivity index (χ2n) is 7.49. The predicted molar refractivity (Wildman–Crippen MR) is 110 cm³/mol. The molecule has 0 fully saturated rings. The lowest BCUT2D eigenvalue weighted by Crippen LogP contribution is -2.16. The Hall–Kier alpha value is -3.22. The molecule has 3 rings (SSSR count). The number of rotatable bonds is 5. The highest BCUT2D eigenvalue weighted by molar-refractivity contribution is 6.03. The average molecular weight is 413 g/mol. The molecule has 0 spiro atoms. The highest BCUT2D eigenvalue weighted by atomic mass is 19.4. The number of benzene rings is 2. The Morgan fingerprint density at radius 1 is 1.03 bits per heavy atom. The minimum Gasteiger partial charge on any atom is -0.321 e. The van der Waals surface area contributed by atoms with Gasteiger partial charge in [-0.15, -0.1) is 0 Å². The number of hydrogen-bond acceptors (Lipinski definition) is 3. The fourth-order valence-electron chi connectivity index (χ4n) is 3.22. The third-order valence-corrected chi connectivity index (χ3v) is 4.61. The van der Waals surface area contributed by atoms with Crippen LogP contribution < -0.4 is 5.32 Å². The van der Waals surface area contributed by atoms with Crippen LogP contribution in [0.5, 0.6) is 0 Å². The first-order chi connectivity index (χ1) is 14.1. The Bertz CT molecular complexity index is 1040. The van der Waals surface area contributed by atoms with Gasteiger partial charge in [0.05, 0.1) is 11.3 Å². The zero-order valence-corrected chi connectivity index (χ0v) is 16.9. The van der Waals surface area contributed by atoms with Gasteiger partial charge in [-0.1, -0.05) is 32.0 Å². The molecule has 0 saturated carbocycles. The molecule has 0 saturated heterocycles. The first kappa shape index (κ1) is 21.5. The van der Waals surface area contributed by atoms with Crippen LogP contribution >= 0.6 is 0 Å². The Morgan fingerprint density at radius 3 is 2.30 bits per heavy atom. The summed E-state index contributed by atoms with van der Waals surface area (Å²) in [5.74, 6) is -0.0373. The molecular formula is C23H22F3N3O. The summed E-state index contributed by atoms with van der Waals surface area (Å²) >= 11 is 0. The van der Waals surface area contributed by atoms with Gasteiger partial charge < -0.3 is 5.32 Å². The number of nitrogens with zero attached hydrogens (tertiary/aromatic N) is 2. The fraction of sp³-hybridized carbons (Fsp3) is 0.261. The number of anilines is 1. The molecule has 1 amide bonds. The first-order valence-electron chi connectivity index (χ1n) is 9.54. The molecule has 0 aliphatic heterocycles. The number of aromatic nitrogens is 2. The number of nitrogens with one attached hydrogen (secondary N) is 1. The fourth-order valence-corrected chi connectivity index (χ4v) is 3.22. The van der Waals surface area contributed by atoms with E-state index in [1.807, 2.05) is 12.1 Å². The van der Waals surface area contributed by atoms with Gasteiger partial charge in [-0.2, -0.15) is 13.2 Å². The van der Waals surface area contributed by atoms with E-state index in [0.717, 1.165) is 23.3 Å². The normalized spacial score (nSPS) is 11.6. The Balaban J connectivity index is 1.92. The monoisotopic (exact) mass is 413 g/mol. The number of carbonyl (C=O) groups is 1. The largest absolute Gasteiger partial charge is 0.416 e. The molecule has 4 nitrogen and oxygen atoms in total. The maximum absolute atomic E-state index is 12.9. The molecule has 1 N–H and O–H groups in total. The molecule has 0 unspecified atom stereocenters. The molecule has 0 aliphatic rings. The summed E-state index contributed by atoms with van der Waals surface area (Å²) in [4.78, 5) is 20.7. The molecule has 0 aliphatic carbocycles. The summed E-state index contributed by atoms with van der Waals surface area (Å²) in [6.07, 6.45) is -0.679. The van der Waals surface area contributed by atoms with Gasteiger partial charge in [0.1, 0.15) is 5.69 Å². The summed E-state index contributed by atoms with van der Waals surface area (Å²) in [5.41, 5.74) is 3.16.